The number of hydrogen-bond acceptors (Lipinski definition) is 4. The molecule has 1 aliphatic heterocycles. The standard InChI is InChI=1S/C20H20N2O3/c1-24-19-12-16(13-21)6-9-18(19)25-14-15-4-7-17(8-5-15)20(23)22-10-2-3-11-22/h4-9,12H,2-3,10-11,14H2,1H3. The van der Waals surface area contributed by atoms with Crippen molar-refractivity contribution in [3.8, 4) is 17.6 Å². The molecule has 0 radical (unpaired) electrons. The van der Waals surface area contributed by atoms with E-state index in [0.29, 0.717) is 29.2 Å². The summed E-state index contributed by atoms with van der Waals surface area (Å²) in [7, 11) is 1.54. The summed E-state index contributed by atoms with van der Waals surface area (Å²) in [6.07, 6.45) is 2.17. The summed E-state index contributed by atoms with van der Waals surface area (Å²) >= 11 is 0. The van der Waals surface area contributed by atoms with E-state index in [1.807, 2.05) is 29.2 Å². The summed E-state index contributed by atoms with van der Waals surface area (Å²) in [5.41, 5.74) is 2.19. The average molecular weight is 336 g/mol. The van der Waals surface area contributed by atoms with Gasteiger partial charge in [0.1, 0.15) is 6.61 Å². The number of amides is 1. The van der Waals surface area contributed by atoms with Gasteiger partial charge < -0.3 is 14.4 Å². The Hall–Kier alpha value is -3.00. The van der Waals surface area contributed by atoms with Crippen LogP contribution in [-0.2, 0) is 6.61 Å². The van der Waals surface area contributed by atoms with Crippen molar-refractivity contribution in [2.75, 3.05) is 20.2 Å². The highest BCUT2D eigenvalue weighted by molar-refractivity contribution is 5.94. The van der Waals surface area contributed by atoms with Gasteiger partial charge in [-0.1, -0.05) is 12.1 Å². The predicted molar refractivity (Wildman–Crippen MR) is 93.6 cm³/mol. The zero-order chi connectivity index (χ0) is 17.6. The normalized spacial score (nSPS) is 13.4. The molecule has 128 valence electrons. The minimum atomic E-state index is 0.0960. The zero-order valence-corrected chi connectivity index (χ0v) is 14.2. The van der Waals surface area contributed by atoms with E-state index in [-0.39, 0.29) is 5.91 Å². The highest BCUT2D eigenvalue weighted by atomic mass is 16.5. The molecule has 5 heteroatoms. The quantitative estimate of drug-likeness (QED) is 0.840. The van der Waals surface area contributed by atoms with Crippen molar-refractivity contribution in [2.45, 2.75) is 19.4 Å². The smallest absolute Gasteiger partial charge is 0.253 e. The molecular formula is C20H20N2O3. The van der Waals surface area contributed by atoms with Crippen LogP contribution in [-0.4, -0.2) is 31.0 Å². The molecule has 0 aromatic heterocycles. The van der Waals surface area contributed by atoms with Crippen LogP contribution in [0.5, 0.6) is 11.5 Å². The lowest BCUT2D eigenvalue weighted by Crippen LogP contribution is -2.27. The molecule has 0 spiro atoms. The summed E-state index contributed by atoms with van der Waals surface area (Å²) < 4.78 is 11.0. The van der Waals surface area contributed by atoms with Gasteiger partial charge in [0.25, 0.3) is 5.91 Å². The third-order valence-corrected chi connectivity index (χ3v) is 4.28. The Morgan fingerprint density at radius 3 is 2.48 bits per heavy atom. The van der Waals surface area contributed by atoms with Crippen LogP contribution in [0.3, 0.4) is 0 Å². The maximum atomic E-state index is 12.3. The molecule has 1 amide bonds. The molecular weight excluding hydrogens is 316 g/mol. The minimum absolute atomic E-state index is 0.0960. The van der Waals surface area contributed by atoms with Crippen molar-refractivity contribution in [1.82, 2.24) is 4.90 Å². The maximum Gasteiger partial charge on any atom is 0.253 e. The van der Waals surface area contributed by atoms with Gasteiger partial charge in [-0.05, 0) is 42.7 Å². The second-order valence-electron chi connectivity index (χ2n) is 5.96. The van der Waals surface area contributed by atoms with Gasteiger partial charge in [0.05, 0.1) is 18.7 Å². The van der Waals surface area contributed by atoms with Crippen molar-refractivity contribution < 1.29 is 14.3 Å². The number of likely N-dealkylation sites (tertiary alicyclic amines) is 1. The lowest BCUT2D eigenvalue weighted by molar-refractivity contribution is 0.0793. The van der Waals surface area contributed by atoms with Gasteiger partial charge >= 0.3 is 0 Å². The van der Waals surface area contributed by atoms with E-state index >= 15 is 0 Å². The number of hydrogen-bond donors (Lipinski definition) is 0. The van der Waals surface area contributed by atoms with Gasteiger partial charge in [0, 0.05) is 24.7 Å². The Morgan fingerprint density at radius 1 is 1.12 bits per heavy atom. The first kappa shape index (κ1) is 16.8. The fourth-order valence-corrected chi connectivity index (χ4v) is 2.86. The first-order valence-electron chi connectivity index (χ1n) is 8.30. The van der Waals surface area contributed by atoms with Crippen LogP contribution in [0.2, 0.25) is 0 Å². The van der Waals surface area contributed by atoms with E-state index in [4.69, 9.17) is 14.7 Å². The van der Waals surface area contributed by atoms with Gasteiger partial charge in [-0.15, -0.1) is 0 Å². The van der Waals surface area contributed by atoms with Crippen LogP contribution in [0.15, 0.2) is 42.5 Å². The summed E-state index contributed by atoms with van der Waals surface area (Å²) in [6.45, 7) is 2.06. The number of nitriles is 1. The zero-order valence-electron chi connectivity index (χ0n) is 14.2. The minimum Gasteiger partial charge on any atom is -0.493 e. The van der Waals surface area contributed by atoms with Crippen LogP contribution < -0.4 is 9.47 Å². The van der Waals surface area contributed by atoms with Crippen LogP contribution in [0.25, 0.3) is 0 Å². The lowest BCUT2D eigenvalue weighted by Gasteiger charge is -2.15. The van der Waals surface area contributed by atoms with E-state index in [1.54, 1.807) is 25.3 Å². The predicted octanol–water partition coefficient (Wildman–Crippen LogP) is 3.38. The number of ether oxygens (including phenoxy) is 2. The van der Waals surface area contributed by atoms with Gasteiger partial charge in [0.15, 0.2) is 11.5 Å². The Morgan fingerprint density at radius 2 is 1.84 bits per heavy atom. The van der Waals surface area contributed by atoms with Gasteiger partial charge in [-0.3, -0.25) is 4.79 Å². The van der Waals surface area contributed by atoms with Crippen LogP contribution in [0.1, 0.15) is 34.3 Å². The van der Waals surface area contributed by atoms with E-state index in [2.05, 4.69) is 6.07 Å². The summed E-state index contributed by atoms with van der Waals surface area (Å²) in [5, 5.41) is 8.93. The number of methoxy groups -OCH3 is 1. The SMILES string of the molecule is COc1cc(C#N)ccc1OCc1ccc(C(=O)N2CCCC2)cc1. The molecule has 1 aliphatic rings. The molecule has 1 fully saturated rings. The molecule has 0 unspecified atom stereocenters. The van der Waals surface area contributed by atoms with E-state index in [0.717, 1.165) is 31.5 Å². The molecule has 0 saturated carbocycles. The molecule has 3 rings (SSSR count). The fourth-order valence-electron chi connectivity index (χ4n) is 2.86. The summed E-state index contributed by atoms with van der Waals surface area (Å²) in [5.74, 6) is 1.21. The first-order chi connectivity index (χ1) is 12.2. The number of benzene rings is 2. The third kappa shape index (κ3) is 3.92. The largest absolute Gasteiger partial charge is 0.493 e. The number of carbonyl (C=O) groups is 1. The average Bonchev–Trinajstić information content (AvgIpc) is 3.20. The monoisotopic (exact) mass is 336 g/mol. The Labute approximate surface area is 147 Å². The highest BCUT2D eigenvalue weighted by Gasteiger charge is 2.19. The fraction of sp³-hybridized carbons (Fsp3) is 0.300. The number of rotatable bonds is 5. The number of carbonyl (C=O) groups excluding carboxylic acids is 1. The molecule has 0 aliphatic carbocycles. The Bertz CT molecular complexity index is 788. The van der Waals surface area contributed by atoms with Crippen molar-refractivity contribution in [3.63, 3.8) is 0 Å². The topological polar surface area (TPSA) is 62.6 Å². The van der Waals surface area contributed by atoms with E-state index in [9.17, 15) is 4.79 Å². The van der Waals surface area contributed by atoms with Crippen molar-refractivity contribution in [3.05, 3.63) is 59.2 Å². The third-order valence-electron chi connectivity index (χ3n) is 4.28. The van der Waals surface area contributed by atoms with Crippen molar-refractivity contribution in [2.24, 2.45) is 0 Å². The summed E-state index contributed by atoms with van der Waals surface area (Å²) in [6, 6.07) is 14.6. The van der Waals surface area contributed by atoms with Crippen LogP contribution in [0.4, 0.5) is 0 Å². The van der Waals surface area contributed by atoms with Crippen molar-refractivity contribution in [1.29, 1.82) is 5.26 Å². The molecule has 5 nitrogen and oxygen atoms in total. The summed E-state index contributed by atoms with van der Waals surface area (Å²) in [4.78, 5) is 14.2. The second kappa shape index (κ2) is 7.71. The van der Waals surface area contributed by atoms with Gasteiger partial charge in [0.2, 0.25) is 0 Å². The maximum absolute atomic E-state index is 12.3. The van der Waals surface area contributed by atoms with Gasteiger partial charge in [-0.2, -0.15) is 5.26 Å². The Kier molecular flexibility index (Phi) is 5.20. The van der Waals surface area contributed by atoms with Crippen molar-refractivity contribution >= 4 is 5.91 Å². The Balaban J connectivity index is 1.64. The van der Waals surface area contributed by atoms with E-state index in [1.165, 1.54) is 0 Å². The second-order valence-corrected chi connectivity index (χ2v) is 5.96. The lowest BCUT2D eigenvalue weighted by atomic mass is 10.1. The molecule has 1 heterocycles. The first-order valence-corrected chi connectivity index (χ1v) is 8.30. The molecule has 1 saturated heterocycles. The van der Waals surface area contributed by atoms with E-state index < -0.39 is 0 Å². The number of nitrogens with zero attached hydrogens (tertiary/aromatic N) is 2. The van der Waals surface area contributed by atoms with Crippen LogP contribution in [0, 0.1) is 11.3 Å². The highest BCUT2D eigenvalue weighted by Crippen LogP contribution is 2.28. The molecule has 25 heavy (non-hydrogen) atoms. The molecule has 0 bridgehead atoms. The molecule has 0 N–H and O–H groups in total. The molecule has 0 atom stereocenters. The van der Waals surface area contributed by atoms with Gasteiger partial charge in [-0.25, -0.2) is 0 Å². The molecule has 2 aromatic rings. The van der Waals surface area contributed by atoms with Crippen LogP contribution >= 0.6 is 0 Å². The molecule has 2 aromatic carbocycles.